The van der Waals surface area contributed by atoms with Gasteiger partial charge in [-0.05, 0) is 31.0 Å². The number of nitro benzene ring substituents is 1. The molecule has 0 saturated carbocycles. The summed E-state index contributed by atoms with van der Waals surface area (Å²) >= 11 is 5.96. The van der Waals surface area contributed by atoms with E-state index in [-0.39, 0.29) is 5.69 Å². The van der Waals surface area contributed by atoms with Crippen LogP contribution in [0.5, 0.6) is 0 Å². The summed E-state index contributed by atoms with van der Waals surface area (Å²) in [6.45, 7) is 1.64. The number of nitro groups is 1. The van der Waals surface area contributed by atoms with E-state index < -0.39 is 10.8 Å². The number of nitrogens with zero attached hydrogens (tertiary/aromatic N) is 3. The molecule has 0 atom stereocenters. The first kappa shape index (κ1) is 17.9. The lowest BCUT2D eigenvalue weighted by molar-refractivity contribution is -0.384. The van der Waals surface area contributed by atoms with Crippen molar-refractivity contribution < 1.29 is 9.72 Å². The van der Waals surface area contributed by atoms with Gasteiger partial charge < -0.3 is 4.90 Å². The Balaban J connectivity index is 1.74. The number of carbonyl (C=O) groups is 1. The van der Waals surface area contributed by atoms with Gasteiger partial charge >= 0.3 is 0 Å². The maximum absolute atomic E-state index is 12.0. The number of nitrogens with one attached hydrogen (secondary N) is 1. The standard InChI is InChI=1S/C18H17ClN4O3/c19-15-6-2-1-5-14(15)18(24)21-20-12-13-7-8-16(17(11-13)23(25)26)22-9-3-4-10-22/h1-2,5-8,11-12H,3-4,9-10H2,(H,21,24)/b20-12+. The van der Waals surface area contributed by atoms with Gasteiger partial charge in [-0.3, -0.25) is 14.9 Å². The lowest BCUT2D eigenvalue weighted by atomic mass is 10.1. The Bertz CT molecular complexity index is 863. The van der Waals surface area contributed by atoms with Crippen molar-refractivity contribution in [3.05, 3.63) is 68.7 Å². The molecule has 2 aromatic rings. The van der Waals surface area contributed by atoms with Gasteiger partial charge in [-0.15, -0.1) is 0 Å². The molecule has 1 saturated heterocycles. The number of rotatable bonds is 5. The van der Waals surface area contributed by atoms with E-state index in [0.29, 0.717) is 21.8 Å². The van der Waals surface area contributed by atoms with Crippen LogP contribution < -0.4 is 10.3 Å². The highest BCUT2D eigenvalue weighted by Crippen LogP contribution is 2.31. The third kappa shape index (κ3) is 4.00. The first-order chi connectivity index (χ1) is 12.6. The molecular formula is C18H17ClN4O3. The summed E-state index contributed by atoms with van der Waals surface area (Å²) in [7, 11) is 0. The largest absolute Gasteiger partial charge is 0.366 e. The number of hydrazone groups is 1. The van der Waals surface area contributed by atoms with Crippen molar-refractivity contribution in [3.8, 4) is 0 Å². The van der Waals surface area contributed by atoms with E-state index in [9.17, 15) is 14.9 Å². The Morgan fingerprint density at radius 3 is 2.65 bits per heavy atom. The molecule has 1 amide bonds. The maximum Gasteiger partial charge on any atom is 0.293 e. The zero-order chi connectivity index (χ0) is 18.5. The lowest BCUT2D eigenvalue weighted by Crippen LogP contribution is -2.19. The fourth-order valence-corrected chi connectivity index (χ4v) is 3.09. The number of amides is 1. The highest BCUT2D eigenvalue weighted by atomic mass is 35.5. The Kier molecular flexibility index (Phi) is 5.48. The van der Waals surface area contributed by atoms with Crippen LogP contribution in [-0.2, 0) is 0 Å². The van der Waals surface area contributed by atoms with Crippen LogP contribution in [-0.4, -0.2) is 30.1 Å². The van der Waals surface area contributed by atoms with Crippen molar-refractivity contribution >= 4 is 35.1 Å². The van der Waals surface area contributed by atoms with Gasteiger partial charge in [0.1, 0.15) is 5.69 Å². The minimum absolute atomic E-state index is 0.0354. The Morgan fingerprint density at radius 2 is 1.96 bits per heavy atom. The predicted molar refractivity (Wildman–Crippen MR) is 101 cm³/mol. The molecule has 7 nitrogen and oxygen atoms in total. The molecule has 1 heterocycles. The van der Waals surface area contributed by atoms with Crippen molar-refractivity contribution in [1.29, 1.82) is 0 Å². The van der Waals surface area contributed by atoms with E-state index in [4.69, 9.17) is 11.6 Å². The number of hydrogen-bond donors (Lipinski definition) is 1. The molecule has 0 radical (unpaired) electrons. The SMILES string of the molecule is O=C(N/N=C/c1ccc(N2CCCC2)c([N+](=O)[O-])c1)c1ccccc1Cl. The zero-order valence-electron chi connectivity index (χ0n) is 13.9. The van der Waals surface area contributed by atoms with Crippen molar-refractivity contribution in [2.75, 3.05) is 18.0 Å². The summed E-state index contributed by atoms with van der Waals surface area (Å²) in [5.41, 5.74) is 3.86. The molecule has 134 valence electrons. The van der Waals surface area contributed by atoms with E-state index in [1.54, 1.807) is 36.4 Å². The smallest absolute Gasteiger partial charge is 0.293 e. The highest BCUT2D eigenvalue weighted by molar-refractivity contribution is 6.33. The Labute approximate surface area is 155 Å². The van der Waals surface area contributed by atoms with Gasteiger partial charge in [0.2, 0.25) is 0 Å². The van der Waals surface area contributed by atoms with Crippen LogP contribution in [0.1, 0.15) is 28.8 Å². The second-order valence-corrected chi connectivity index (χ2v) is 6.29. The molecule has 26 heavy (non-hydrogen) atoms. The highest BCUT2D eigenvalue weighted by Gasteiger charge is 2.22. The number of halogens is 1. The molecule has 8 heteroatoms. The van der Waals surface area contributed by atoms with E-state index in [1.165, 1.54) is 12.3 Å². The first-order valence-corrected chi connectivity index (χ1v) is 8.55. The fourth-order valence-electron chi connectivity index (χ4n) is 2.86. The third-order valence-corrected chi connectivity index (χ3v) is 4.47. The van der Waals surface area contributed by atoms with Gasteiger partial charge in [-0.1, -0.05) is 29.8 Å². The molecule has 1 fully saturated rings. The number of anilines is 1. The third-order valence-electron chi connectivity index (χ3n) is 4.14. The van der Waals surface area contributed by atoms with Crippen molar-refractivity contribution in [3.63, 3.8) is 0 Å². The Morgan fingerprint density at radius 1 is 1.23 bits per heavy atom. The predicted octanol–water partition coefficient (Wildman–Crippen LogP) is 3.61. The van der Waals surface area contributed by atoms with Gasteiger partial charge in [-0.2, -0.15) is 5.10 Å². The molecule has 0 aliphatic carbocycles. The first-order valence-electron chi connectivity index (χ1n) is 8.17. The maximum atomic E-state index is 12.0. The molecule has 0 aromatic heterocycles. The van der Waals surface area contributed by atoms with E-state index in [2.05, 4.69) is 10.5 Å². The van der Waals surface area contributed by atoms with E-state index >= 15 is 0 Å². The fraction of sp³-hybridized carbons (Fsp3) is 0.222. The lowest BCUT2D eigenvalue weighted by Gasteiger charge is -2.17. The van der Waals surface area contributed by atoms with E-state index in [0.717, 1.165) is 25.9 Å². The topological polar surface area (TPSA) is 87.8 Å². The van der Waals surface area contributed by atoms with Crippen molar-refractivity contribution in [2.45, 2.75) is 12.8 Å². The summed E-state index contributed by atoms with van der Waals surface area (Å²) < 4.78 is 0. The Hall–Kier alpha value is -2.93. The van der Waals surface area contributed by atoms with Crippen LogP contribution >= 0.6 is 11.6 Å². The van der Waals surface area contributed by atoms with Crippen LogP contribution in [0.25, 0.3) is 0 Å². The van der Waals surface area contributed by atoms with Crippen LogP contribution in [0, 0.1) is 10.1 Å². The van der Waals surface area contributed by atoms with Gasteiger partial charge in [0.25, 0.3) is 11.6 Å². The molecule has 1 N–H and O–H groups in total. The van der Waals surface area contributed by atoms with Crippen LogP contribution in [0.3, 0.4) is 0 Å². The van der Waals surface area contributed by atoms with Gasteiger partial charge in [0, 0.05) is 24.7 Å². The number of hydrogen-bond acceptors (Lipinski definition) is 5. The molecule has 0 unspecified atom stereocenters. The molecule has 0 bridgehead atoms. The molecule has 1 aliphatic heterocycles. The van der Waals surface area contributed by atoms with Crippen LogP contribution in [0.2, 0.25) is 5.02 Å². The summed E-state index contributed by atoms with van der Waals surface area (Å²) in [4.78, 5) is 25.0. The van der Waals surface area contributed by atoms with Gasteiger partial charge in [0.15, 0.2) is 0 Å². The molecule has 2 aromatic carbocycles. The summed E-state index contributed by atoms with van der Waals surface area (Å²) in [6, 6.07) is 11.5. The van der Waals surface area contributed by atoms with Crippen molar-refractivity contribution in [2.24, 2.45) is 5.10 Å². The minimum Gasteiger partial charge on any atom is -0.366 e. The normalized spacial score (nSPS) is 14.0. The average molecular weight is 373 g/mol. The van der Waals surface area contributed by atoms with Gasteiger partial charge in [0.05, 0.1) is 21.7 Å². The molecule has 0 spiro atoms. The average Bonchev–Trinajstić information content (AvgIpc) is 3.16. The van der Waals surface area contributed by atoms with Crippen molar-refractivity contribution in [1.82, 2.24) is 5.43 Å². The summed E-state index contributed by atoms with van der Waals surface area (Å²) in [5, 5.41) is 15.6. The second kappa shape index (κ2) is 7.97. The monoisotopic (exact) mass is 372 g/mol. The molecular weight excluding hydrogens is 356 g/mol. The quantitative estimate of drug-likeness (QED) is 0.493. The molecule has 3 rings (SSSR count). The summed E-state index contributed by atoms with van der Waals surface area (Å²) in [5.74, 6) is -0.449. The van der Waals surface area contributed by atoms with Gasteiger partial charge in [-0.25, -0.2) is 5.43 Å². The molecule has 1 aliphatic rings. The zero-order valence-corrected chi connectivity index (χ0v) is 14.6. The number of carbonyl (C=O) groups excluding carboxylic acids is 1. The minimum atomic E-state index is -0.449. The van der Waals surface area contributed by atoms with Crippen LogP contribution in [0.4, 0.5) is 11.4 Å². The second-order valence-electron chi connectivity index (χ2n) is 5.88. The van der Waals surface area contributed by atoms with E-state index in [1.807, 2.05) is 4.90 Å². The van der Waals surface area contributed by atoms with Crippen LogP contribution in [0.15, 0.2) is 47.6 Å². The number of benzene rings is 2. The summed E-state index contributed by atoms with van der Waals surface area (Å²) in [6.07, 6.45) is 3.44.